The molecule has 76 heavy (non-hydrogen) atoms. The first-order chi connectivity index (χ1) is 37.2. The van der Waals surface area contributed by atoms with Crippen molar-refractivity contribution in [3.8, 4) is 44.8 Å². The maximum absolute atomic E-state index is 7.10. The van der Waals surface area contributed by atoms with Crippen molar-refractivity contribution in [2.24, 2.45) is 0 Å². The average Bonchev–Trinajstić information content (AvgIpc) is 4.21. The second-order valence-corrected chi connectivity index (χ2v) is 22.4. The van der Waals surface area contributed by atoms with Crippen molar-refractivity contribution in [3.63, 3.8) is 0 Å². The molecule has 12 aromatic rings. The third-order valence-corrected chi connectivity index (χ3v) is 19.0. The van der Waals surface area contributed by atoms with Crippen LogP contribution in [0.5, 0.6) is 0 Å². The molecule has 0 unspecified atom stereocenters. The van der Waals surface area contributed by atoms with E-state index in [4.69, 9.17) is 54.9 Å². The normalized spacial score (nSPS) is 12.5. The molecule has 340 valence electrons. The highest BCUT2D eigenvalue weighted by atomic mass is 32.3. The zero-order chi connectivity index (χ0) is 51.8. The van der Waals surface area contributed by atoms with Gasteiger partial charge < -0.3 is 9.13 Å². The van der Waals surface area contributed by atoms with Gasteiger partial charge in [-0.2, -0.15) is 0 Å². The van der Waals surface area contributed by atoms with Crippen LogP contribution in [0.4, 0.5) is 0 Å². The van der Waals surface area contributed by atoms with Gasteiger partial charge in [0.15, 0.2) is 0 Å². The smallest absolute Gasteiger partial charge is 0.115 e. The van der Waals surface area contributed by atoms with E-state index >= 15 is 0 Å². The Bertz CT molecular complexity index is 4120. The fraction of sp³-hybridized carbons (Fsp3) is 0.0303. The van der Waals surface area contributed by atoms with Crippen molar-refractivity contribution >= 4 is 142 Å². The first-order valence-electron chi connectivity index (χ1n) is 25.3. The quantitative estimate of drug-likeness (QED) is 0.128. The molecular weight excluding hydrogens is 928 g/mol. The third kappa shape index (κ3) is 7.23. The largest absolute Gasteiger partial charge is 0.312 e. The van der Waals surface area contributed by atoms with Crippen LogP contribution in [0.3, 0.4) is 0 Å². The molecule has 0 spiro atoms. The minimum absolute atomic E-state index is 0.172. The monoisotopic (exact) mass is 968 g/mol. The minimum Gasteiger partial charge on any atom is -0.312 e. The first kappa shape index (κ1) is 47.6. The molecule has 10 heteroatoms. The molecule has 2 aromatic heterocycles. The molecule has 0 saturated heterocycles. The van der Waals surface area contributed by atoms with E-state index in [9.17, 15) is 0 Å². The Kier molecular flexibility index (Phi) is 11.9. The van der Waals surface area contributed by atoms with E-state index in [1.165, 1.54) is 25.3 Å². The lowest BCUT2D eigenvalue weighted by Gasteiger charge is -2.42. The molecule has 0 atom stereocenters. The molecule has 0 N–H and O–H groups in total. The summed E-state index contributed by atoms with van der Waals surface area (Å²) in [5, 5.41) is 2.17. The number of fused-ring (bicyclic) bond motifs is 6. The van der Waals surface area contributed by atoms with Crippen molar-refractivity contribution in [2.75, 3.05) is 0 Å². The summed E-state index contributed by atoms with van der Waals surface area (Å²) in [4.78, 5) is 4.88. The van der Waals surface area contributed by atoms with Crippen molar-refractivity contribution in [1.29, 1.82) is 0 Å². The van der Waals surface area contributed by atoms with Gasteiger partial charge in [0.2, 0.25) is 0 Å². The molecule has 1 aliphatic carbocycles. The molecule has 2 heterocycles. The van der Waals surface area contributed by atoms with E-state index in [0.29, 0.717) is 32.8 Å². The van der Waals surface area contributed by atoms with Gasteiger partial charge in [0.1, 0.15) is 54.9 Å². The SMILES string of the molecule is [B]c1c([B])c([B])c2c(c1[B])c1c([B])c([B])c([B])c(-c3ccccc3)c1n2-c1ccc2c(c1)c1c(n2-c2c(-c3c#cccc3)cc(S(c3ccccc3)(c3ccccc3)c3ccccc3)cc2-c2ccccc2)CCC=C1. The fourth-order valence-corrected chi connectivity index (χ4v) is 15.6. The topological polar surface area (TPSA) is 9.86 Å². The lowest BCUT2D eigenvalue weighted by atomic mass is 9.64. The van der Waals surface area contributed by atoms with Gasteiger partial charge in [-0.15, -0.1) is 26.4 Å². The second kappa shape index (κ2) is 18.9. The lowest BCUT2D eigenvalue weighted by Crippen LogP contribution is -2.48. The van der Waals surface area contributed by atoms with E-state index in [2.05, 4.69) is 197 Å². The standard InChI is InChI=1S/C66H39B7N2S/c67-57-54(42-25-11-3-12-26-42)65-55(58(68)60(57)70)56-59(69)61(71)62(72)63(73)66(56)74(65)43-35-36-53-51(37-43)48-33-19-20-34-52(48)75(53)64-49(40-21-7-1-8-22-40)38-47(39-50(64)41-23-9-2-10-24-41)76(44-27-13-4-14-28-44,45-29-15-5-16-30-45)46-31-17-6-18-32-46/h1-9,11-19,21-23,25-33,35-39H,20,34H2. The number of aromatic nitrogens is 2. The van der Waals surface area contributed by atoms with Crippen LogP contribution in [0.15, 0.2) is 226 Å². The van der Waals surface area contributed by atoms with Crippen LogP contribution in [-0.4, -0.2) is 64.1 Å². The number of nitrogens with zero attached hydrogens (tertiary/aromatic N) is 2. The van der Waals surface area contributed by atoms with Crippen LogP contribution in [0.25, 0.3) is 83.5 Å². The van der Waals surface area contributed by atoms with Gasteiger partial charge in [-0.05, 0) is 114 Å². The second-order valence-electron chi connectivity index (χ2n) is 19.3. The summed E-state index contributed by atoms with van der Waals surface area (Å²) in [7, 11) is 46.2. The van der Waals surface area contributed by atoms with Gasteiger partial charge in [-0.3, -0.25) is 0 Å². The Labute approximate surface area is 455 Å². The zero-order valence-electron chi connectivity index (χ0n) is 41.5. The summed E-state index contributed by atoms with van der Waals surface area (Å²) < 4.78 is 4.58. The first-order valence-corrected chi connectivity index (χ1v) is 26.9. The van der Waals surface area contributed by atoms with Crippen molar-refractivity contribution in [3.05, 3.63) is 230 Å². The Morgan fingerprint density at radius 2 is 0.987 bits per heavy atom. The summed E-state index contributed by atoms with van der Waals surface area (Å²) in [6, 6.07) is 78.1. The molecule has 0 aliphatic heterocycles. The number of hydrogen-bond acceptors (Lipinski definition) is 0. The van der Waals surface area contributed by atoms with Crippen LogP contribution in [0.2, 0.25) is 0 Å². The van der Waals surface area contributed by atoms with Gasteiger partial charge in [0.25, 0.3) is 0 Å². The fourth-order valence-electron chi connectivity index (χ4n) is 11.7. The molecule has 0 saturated carbocycles. The summed E-state index contributed by atoms with van der Waals surface area (Å²) >= 11 is 0. The lowest BCUT2D eigenvalue weighted by molar-refractivity contribution is 0.889. The van der Waals surface area contributed by atoms with Crippen molar-refractivity contribution in [1.82, 2.24) is 9.13 Å². The van der Waals surface area contributed by atoms with Crippen LogP contribution in [0.1, 0.15) is 17.7 Å². The van der Waals surface area contributed by atoms with Crippen LogP contribution in [-0.2, 0) is 6.42 Å². The third-order valence-electron chi connectivity index (χ3n) is 15.1. The van der Waals surface area contributed by atoms with Crippen LogP contribution < -0.4 is 38.2 Å². The molecular formula is C66H39B7N2S. The highest BCUT2D eigenvalue weighted by molar-refractivity contribution is 8.34. The Balaban J connectivity index is 1.17. The molecule has 2 nitrogen and oxygen atoms in total. The highest BCUT2D eigenvalue weighted by Crippen LogP contribution is 2.74. The van der Waals surface area contributed by atoms with E-state index in [1.807, 2.05) is 36.4 Å². The predicted molar refractivity (Wildman–Crippen MR) is 327 cm³/mol. The summed E-state index contributed by atoms with van der Waals surface area (Å²) in [6.07, 6.45) is 6.18. The predicted octanol–water partition coefficient (Wildman–Crippen LogP) is 9.19. The zero-order valence-corrected chi connectivity index (χ0v) is 42.3. The molecule has 1 aliphatic rings. The van der Waals surface area contributed by atoms with Gasteiger partial charge in [0.05, 0.1) is 16.7 Å². The Morgan fingerprint density at radius 3 is 1.58 bits per heavy atom. The highest BCUT2D eigenvalue weighted by Gasteiger charge is 2.36. The maximum Gasteiger partial charge on any atom is 0.115 e. The maximum atomic E-state index is 7.10. The Hall–Kier alpha value is -8.10. The number of rotatable bonds is 9. The van der Waals surface area contributed by atoms with Crippen LogP contribution >= 0.6 is 10.0 Å². The van der Waals surface area contributed by atoms with Gasteiger partial charge >= 0.3 is 0 Å². The summed E-state index contributed by atoms with van der Waals surface area (Å²) in [6.45, 7) is 0. The Morgan fingerprint density at radius 1 is 0.447 bits per heavy atom. The number of allylic oxidation sites excluding steroid dienone is 1. The molecule has 14 radical (unpaired) electrons. The van der Waals surface area contributed by atoms with Crippen molar-refractivity contribution < 1.29 is 0 Å². The van der Waals surface area contributed by atoms with E-state index < -0.39 is 10.0 Å². The summed E-state index contributed by atoms with van der Waals surface area (Å²) in [5.41, 5.74) is 13.7. The average molecular weight is 968 g/mol. The van der Waals surface area contributed by atoms with Gasteiger partial charge in [-0.1, -0.05) is 167 Å². The van der Waals surface area contributed by atoms with Crippen molar-refractivity contribution in [2.45, 2.75) is 32.4 Å². The molecule has 13 rings (SSSR count). The van der Waals surface area contributed by atoms with E-state index in [1.54, 1.807) is 0 Å². The van der Waals surface area contributed by atoms with Gasteiger partial charge in [0, 0.05) is 69.5 Å². The van der Waals surface area contributed by atoms with E-state index in [0.717, 1.165) is 68.5 Å². The number of benzene rings is 9. The van der Waals surface area contributed by atoms with E-state index in [-0.39, 0.29) is 32.8 Å². The molecule has 0 fully saturated rings. The summed E-state index contributed by atoms with van der Waals surface area (Å²) in [5.74, 6) is 0. The molecule has 0 bridgehead atoms. The number of hydrogen-bond donors (Lipinski definition) is 0. The minimum atomic E-state index is -2.14. The van der Waals surface area contributed by atoms with Gasteiger partial charge in [-0.25, -0.2) is 0 Å². The molecule has 0 amide bonds. The van der Waals surface area contributed by atoms with Crippen LogP contribution in [0, 0.1) is 12.1 Å². The molecule has 10 aromatic carbocycles.